The van der Waals surface area contributed by atoms with E-state index in [1.807, 2.05) is 72.8 Å². The van der Waals surface area contributed by atoms with Crippen LogP contribution in [0.15, 0.2) is 126 Å². The average molecular weight is 602 g/mol. The molecule has 1 aliphatic heterocycles. The van der Waals surface area contributed by atoms with Crippen LogP contribution < -0.4 is 5.46 Å². The summed E-state index contributed by atoms with van der Waals surface area (Å²) in [4.78, 5) is 14.6. The second-order valence-electron chi connectivity index (χ2n) is 12.7. The van der Waals surface area contributed by atoms with Crippen LogP contribution in [0.4, 0.5) is 0 Å². The van der Waals surface area contributed by atoms with Crippen molar-refractivity contribution in [1.82, 2.24) is 15.0 Å². The second kappa shape index (κ2) is 10.8. The number of rotatable bonds is 5. The first-order valence-corrected chi connectivity index (χ1v) is 15.5. The highest BCUT2D eigenvalue weighted by Gasteiger charge is 2.52. The van der Waals surface area contributed by atoms with Crippen molar-refractivity contribution in [3.05, 3.63) is 121 Å². The summed E-state index contributed by atoms with van der Waals surface area (Å²) in [7, 11) is -0.515. The summed E-state index contributed by atoms with van der Waals surface area (Å²) >= 11 is 0. The number of para-hydroxylation sites is 2. The molecule has 6 nitrogen and oxygen atoms in total. The third kappa shape index (κ3) is 4.80. The molecular formula is C39H32BN3O3. The van der Waals surface area contributed by atoms with Gasteiger partial charge in [-0.25, -0.2) is 15.0 Å². The van der Waals surface area contributed by atoms with Crippen molar-refractivity contribution in [2.45, 2.75) is 38.9 Å². The first-order valence-electron chi connectivity index (χ1n) is 15.5. The molecule has 0 saturated carbocycles. The van der Waals surface area contributed by atoms with E-state index in [1.54, 1.807) is 0 Å². The summed E-state index contributed by atoms with van der Waals surface area (Å²) in [6, 6.07) is 40.8. The summed E-state index contributed by atoms with van der Waals surface area (Å²) in [6.07, 6.45) is 0. The second-order valence-corrected chi connectivity index (χ2v) is 12.7. The zero-order valence-corrected chi connectivity index (χ0v) is 26.2. The Morgan fingerprint density at radius 3 is 1.46 bits per heavy atom. The number of fused-ring (bicyclic) bond motifs is 3. The van der Waals surface area contributed by atoms with Gasteiger partial charge in [0.15, 0.2) is 17.5 Å². The number of hydrogen-bond acceptors (Lipinski definition) is 6. The maximum atomic E-state index is 6.67. The van der Waals surface area contributed by atoms with E-state index in [0.29, 0.717) is 17.5 Å². The number of hydrogen-bond donors (Lipinski definition) is 0. The lowest BCUT2D eigenvalue weighted by atomic mass is 9.78. The van der Waals surface area contributed by atoms with Crippen molar-refractivity contribution >= 4 is 34.5 Å². The van der Waals surface area contributed by atoms with Crippen molar-refractivity contribution < 1.29 is 13.7 Å². The molecule has 0 spiro atoms. The molecule has 0 atom stereocenters. The minimum Gasteiger partial charge on any atom is -0.456 e. The molecule has 5 aromatic carbocycles. The highest BCUT2D eigenvalue weighted by molar-refractivity contribution is 6.65. The lowest BCUT2D eigenvalue weighted by molar-refractivity contribution is 0.00578. The molecule has 7 aromatic rings. The van der Waals surface area contributed by atoms with Crippen LogP contribution in [0.2, 0.25) is 0 Å². The minimum absolute atomic E-state index is 0.443. The monoisotopic (exact) mass is 601 g/mol. The Morgan fingerprint density at radius 1 is 0.457 bits per heavy atom. The van der Waals surface area contributed by atoms with Gasteiger partial charge < -0.3 is 13.7 Å². The molecular weight excluding hydrogens is 569 g/mol. The van der Waals surface area contributed by atoms with Gasteiger partial charge in [0.1, 0.15) is 11.2 Å². The zero-order valence-electron chi connectivity index (χ0n) is 26.2. The van der Waals surface area contributed by atoms with Crippen LogP contribution in [-0.2, 0) is 9.31 Å². The molecule has 0 amide bonds. The van der Waals surface area contributed by atoms with E-state index in [2.05, 4.69) is 76.2 Å². The van der Waals surface area contributed by atoms with Crippen molar-refractivity contribution in [2.24, 2.45) is 0 Å². The number of nitrogens with zero attached hydrogens (tertiary/aromatic N) is 3. The van der Waals surface area contributed by atoms with Gasteiger partial charge in [0.2, 0.25) is 0 Å². The van der Waals surface area contributed by atoms with Crippen LogP contribution in [0, 0.1) is 0 Å². The summed E-state index contributed by atoms with van der Waals surface area (Å²) in [6.45, 7) is 8.26. The lowest BCUT2D eigenvalue weighted by Crippen LogP contribution is -2.41. The van der Waals surface area contributed by atoms with E-state index in [1.165, 1.54) is 0 Å². The smallest absolute Gasteiger partial charge is 0.456 e. The highest BCUT2D eigenvalue weighted by atomic mass is 16.7. The molecule has 3 heterocycles. The fourth-order valence-corrected chi connectivity index (χ4v) is 5.96. The van der Waals surface area contributed by atoms with Crippen LogP contribution in [0.25, 0.3) is 67.2 Å². The first kappa shape index (κ1) is 28.4. The molecule has 2 aromatic heterocycles. The van der Waals surface area contributed by atoms with Gasteiger partial charge in [0.25, 0.3) is 0 Å². The Hall–Kier alpha value is -5.11. The van der Waals surface area contributed by atoms with Crippen molar-refractivity contribution in [2.75, 3.05) is 0 Å². The van der Waals surface area contributed by atoms with E-state index in [-0.39, 0.29) is 0 Å². The fraction of sp³-hybridized carbons (Fsp3) is 0.154. The van der Waals surface area contributed by atoms with Gasteiger partial charge >= 0.3 is 7.12 Å². The third-order valence-corrected chi connectivity index (χ3v) is 9.22. The molecule has 7 heteroatoms. The van der Waals surface area contributed by atoms with Crippen LogP contribution in [0.3, 0.4) is 0 Å². The van der Waals surface area contributed by atoms with E-state index < -0.39 is 18.3 Å². The largest absolute Gasteiger partial charge is 0.498 e. The van der Waals surface area contributed by atoms with Gasteiger partial charge in [-0.05, 0) is 33.3 Å². The van der Waals surface area contributed by atoms with Gasteiger partial charge in [-0.3, -0.25) is 0 Å². The van der Waals surface area contributed by atoms with Crippen molar-refractivity contribution in [3.63, 3.8) is 0 Å². The molecule has 0 bridgehead atoms. The summed E-state index contributed by atoms with van der Waals surface area (Å²) in [5.41, 5.74) is 6.44. The zero-order chi connectivity index (χ0) is 31.5. The Balaban J connectivity index is 1.19. The number of furan rings is 1. The van der Waals surface area contributed by atoms with Crippen LogP contribution >= 0.6 is 0 Å². The molecule has 46 heavy (non-hydrogen) atoms. The summed E-state index contributed by atoms with van der Waals surface area (Å²) in [5.74, 6) is 1.89. The maximum Gasteiger partial charge on any atom is 0.498 e. The Bertz CT molecular complexity index is 2140. The molecule has 0 unspecified atom stereocenters. The van der Waals surface area contributed by atoms with Crippen LogP contribution in [0.1, 0.15) is 27.7 Å². The lowest BCUT2D eigenvalue weighted by Gasteiger charge is -2.32. The Labute approximate surface area is 268 Å². The number of benzene rings is 5. The average Bonchev–Trinajstić information content (AvgIpc) is 3.58. The summed E-state index contributed by atoms with van der Waals surface area (Å²) in [5, 5.41) is 2.08. The molecule has 0 aliphatic carbocycles. The predicted molar refractivity (Wildman–Crippen MR) is 185 cm³/mol. The normalized spacial score (nSPS) is 15.5. The van der Waals surface area contributed by atoms with E-state index in [9.17, 15) is 0 Å². The topological polar surface area (TPSA) is 70.3 Å². The third-order valence-electron chi connectivity index (χ3n) is 9.22. The Morgan fingerprint density at radius 2 is 0.913 bits per heavy atom. The SMILES string of the molecule is CC1(C)OB(c2cccc3c2oc2c(-c4ccc(-c5nc(-c6ccccc6)nc(-c6ccccc6)n5)cc4)cccc23)OC1(C)C. The maximum absolute atomic E-state index is 6.67. The molecule has 1 fully saturated rings. The van der Waals surface area contributed by atoms with Crippen LogP contribution in [0.5, 0.6) is 0 Å². The Kier molecular flexibility index (Phi) is 6.64. The van der Waals surface area contributed by atoms with Crippen LogP contribution in [-0.4, -0.2) is 33.3 Å². The number of aromatic nitrogens is 3. The van der Waals surface area contributed by atoms with Crippen molar-refractivity contribution in [3.8, 4) is 45.3 Å². The van der Waals surface area contributed by atoms with Gasteiger partial charge in [0.05, 0.1) is 11.2 Å². The molecule has 0 N–H and O–H groups in total. The van der Waals surface area contributed by atoms with Gasteiger partial charge in [-0.15, -0.1) is 0 Å². The molecule has 0 radical (unpaired) electrons. The van der Waals surface area contributed by atoms with Gasteiger partial charge in [-0.2, -0.15) is 0 Å². The van der Waals surface area contributed by atoms with E-state index in [4.69, 9.17) is 28.7 Å². The molecule has 8 rings (SSSR count). The van der Waals surface area contributed by atoms with E-state index in [0.717, 1.165) is 55.2 Å². The fourth-order valence-electron chi connectivity index (χ4n) is 5.96. The predicted octanol–water partition coefficient (Wildman–Crippen LogP) is 8.74. The standard InChI is InChI=1S/C39H32BN3O3/c1-38(2)39(3,4)46-40(45-38)32-20-12-19-31-30-18-11-17-29(33(30)44-34(31)32)25-21-23-28(24-22-25)37-42-35(26-13-7-5-8-14-26)41-36(43-37)27-15-9-6-10-16-27/h5-24H,1-4H3. The minimum atomic E-state index is -0.515. The van der Waals surface area contributed by atoms with Gasteiger partial charge in [-0.1, -0.05) is 121 Å². The molecule has 224 valence electrons. The van der Waals surface area contributed by atoms with E-state index >= 15 is 0 Å². The van der Waals surface area contributed by atoms with Crippen molar-refractivity contribution in [1.29, 1.82) is 0 Å². The molecule has 1 aliphatic rings. The summed E-state index contributed by atoms with van der Waals surface area (Å²) < 4.78 is 19.5. The quantitative estimate of drug-likeness (QED) is 0.184. The van der Waals surface area contributed by atoms with Gasteiger partial charge in [0, 0.05) is 38.5 Å². The first-order chi connectivity index (χ1) is 22.3. The molecule has 1 saturated heterocycles. The highest BCUT2D eigenvalue weighted by Crippen LogP contribution is 2.39.